The normalized spacial score (nSPS) is 20.9. The Morgan fingerprint density at radius 1 is 0.872 bits per heavy atom. The second-order valence-corrected chi connectivity index (χ2v) is 10.6. The van der Waals surface area contributed by atoms with Crippen LogP contribution in [0.2, 0.25) is 0 Å². The molecule has 2 aromatic carbocycles. The van der Waals surface area contributed by atoms with E-state index in [1.54, 1.807) is 0 Å². The van der Waals surface area contributed by atoms with Gasteiger partial charge in [0.05, 0.1) is 25.9 Å². The molecule has 0 amide bonds. The lowest BCUT2D eigenvalue weighted by Gasteiger charge is -2.43. The Bertz CT molecular complexity index is 924. The number of likely N-dealkylation sites (N-methyl/N-ethyl adjacent to an activating group) is 1. The summed E-state index contributed by atoms with van der Waals surface area (Å²) in [5.41, 5.74) is 1.79. The quantitative estimate of drug-likeness (QED) is 0.110. The molecule has 2 aromatic rings. The van der Waals surface area contributed by atoms with Crippen molar-refractivity contribution in [3.63, 3.8) is 0 Å². The van der Waals surface area contributed by atoms with Gasteiger partial charge >= 0.3 is 5.97 Å². The van der Waals surface area contributed by atoms with Gasteiger partial charge in [0.15, 0.2) is 0 Å². The van der Waals surface area contributed by atoms with Crippen LogP contribution in [0.3, 0.4) is 0 Å². The third-order valence-electron chi connectivity index (χ3n) is 7.55. The van der Waals surface area contributed by atoms with Gasteiger partial charge in [-0.05, 0) is 44.4 Å². The molecular formula is C33H49NO5. The van der Waals surface area contributed by atoms with Crippen molar-refractivity contribution in [3.05, 3.63) is 71.8 Å². The molecular weight excluding hydrogens is 490 g/mol. The van der Waals surface area contributed by atoms with Crippen LogP contribution in [0.4, 0.5) is 0 Å². The van der Waals surface area contributed by atoms with Crippen LogP contribution in [0.5, 0.6) is 0 Å². The maximum atomic E-state index is 11.7. The van der Waals surface area contributed by atoms with Gasteiger partial charge in [-0.2, -0.15) is 0 Å². The monoisotopic (exact) mass is 539 g/mol. The maximum absolute atomic E-state index is 11.7. The van der Waals surface area contributed by atoms with E-state index in [-0.39, 0.29) is 18.2 Å². The van der Waals surface area contributed by atoms with Crippen LogP contribution in [0.15, 0.2) is 60.7 Å². The minimum atomic E-state index is -0.551. The van der Waals surface area contributed by atoms with E-state index in [2.05, 4.69) is 67.4 Å². The third-order valence-corrected chi connectivity index (χ3v) is 7.55. The van der Waals surface area contributed by atoms with Crippen molar-refractivity contribution in [1.29, 1.82) is 0 Å². The number of hydrogen-bond acceptors (Lipinski definition) is 6. The second-order valence-electron chi connectivity index (χ2n) is 10.6. The predicted octanol–water partition coefficient (Wildman–Crippen LogP) is 6.91. The average molecular weight is 540 g/mol. The topological polar surface area (TPSA) is 57.2 Å². The summed E-state index contributed by atoms with van der Waals surface area (Å²) in [6.45, 7) is 7.21. The number of benzene rings is 2. The zero-order chi connectivity index (χ0) is 27.8. The van der Waals surface area contributed by atoms with E-state index in [4.69, 9.17) is 18.9 Å². The highest BCUT2D eigenvalue weighted by atomic mass is 16.6. The fourth-order valence-corrected chi connectivity index (χ4v) is 5.33. The third kappa shape index (κ3) is 10.3. The Kier molecular flexibility index (Phi) is 14.0. The van der Waals surface area contributed by atoms with E-state index in [0.717, 1.165) is 63.5 Å². The summed E-state index contributed by atoms with van der Waals surface area (Å²) >= 11 is 0. The Hall–Kier alpha value is -2.25. The van der Waals surface area contributed by atoms with E-state index in [9.17, 15) is 4.79 Å². The molecule has 1 fully saturated rings. The first-order valence-electron chi connectivity index (χ1n) is 14.9. The van der Waals surface area contributed by atoms with E-state index < -0.39 is 5.72 Å². The van der Waals surface area contributed by atoms with Crippen LogP contribution in [-0.2, 0) is 37.0 Å². The van der Waals surface area contributed by atoms with Crippen molar-refractivity contribution >= 4 is 5.97 Å². The standard InChI is InChI=1S/C33H49NO5/c1-4-6-16-23-39-33(34(3)22-15-9-14-21-32(35)36-5-2)25-30(37-26-28-17-10-7-11-18-28)24-31(33)38-27-29-19-12-8-13-20-29/h7-8,10-13,17-20,30-31H,4-6,9,14-16,21-27H2,1-3H3/t30-,31+,33-/m1/s1. The first-order chi connectivity index (χ1) is 19.1. The SMILES string of the molecule is CCCCCO[C@]1(N(C)CCCCCC(=O)OCC)C[C@H](OCc2ccccc2)C[C@@H]1OCc1ccccc1. The fraction of sp³-hybridized carbons (Fsp3) is 0.606. The van der Waals surface area contributed by atoms with Crippen molar-refractivity contribution in [3.8, 4) is 0 Å². The minimum Gasteiger partial charge on any atom is -0.466 e. The minimum absolute atomic E-state index is 0.0448. The molecule has 216 valence electrons. The van der Waals surface area contributed by atoms with Crippen molar-refractivity contribution < 1.29 is 23.7 Å². The molecule has 1 aliphatic rings. The van der Waals surface area contributed by atoms with E-state index >= 15 is 0 Å². The molecule has 6 nitrogen and oxygen atoms in total. The van der Waals surface area contributed by atoms with Crippen LogP contribution >= 0.6 is 0 Å². The molecule has 6 heteroatoms. The zero-order valence-electron chi connectivity index (χ0n) is 24.3. The number of hydrogen-bond donors (Lipinski definition) is 0. The summed E-state index contributed by atoms with van der Waals surface area (Å²) in [7, 11) is 2.16. The Morgan fingerprint density at radius 3 is 2.18 bits per heavy atom. The van der Waals surface area contributed by atoms with Gasteiger partial charge in [0.1, 0.15) is 11.8 Å². The lowest BCUT2D eigenvalue weighted by Crippen LogP contribution is -2.55. The van der Waals surface area contributed by atoms with Gasteiger partial charge in [-0.15, -0.1) is 0 Å². The first kappa shape index (κ1) is 31.3. The molecule has 0 aromatic heterocycles. The van der Waals surface area contributed by atoms with E-state index in [0.29, 0.717) is 32.8 Å². The van der Waals surface area contributed by atoms with Gasteiger partial charge in [-0.3, -0.25) is 9.69 Å². The van der Waals surface area contributed by atoms with Gasteiger partial charge in [0.25, 0.3) is 0 Å². The molecule has 1 saturated carbocycles. The van der Waals surface area contributed by atoms with Crippen LogP contribution in [-0.4, -0.2) is 55.6 Å². The largest absolute Gasteiger partial charge is 0.466 e. The van der Waals surface area contributed by atoms with Crippen molar-refractivity contribution in [2.75, 3.05) is 26.8 Å². The van der Waals surface area contributed by atoms with Crippen molar-refractivity contribution in [2.24, 2.45) is 0 Å². The highest BCUT2D eigenvalue weighted by Gasteiger charge is 2.52. The lowest BCUT2D eigenvalue weighted by atomic mass is 10.1. The number of ether oxygens (including phenoxy) is 4. The number of carbonyl (C=O) groups excluding carboxylic acids is 1. The number of rotatable bonds is 19. The zero-order valence-corrected chi connectivity index (χ0v) is 24.3. The van der Waals surface area contributed by atoms with E-state index in [1.165, 1.54) is 5.56 Å². The van der Waals surface area contributed by atoms with Crippen LogP contribution < -0.4 is 0 Å². The van der Waals surface area contributed by atoms with E-state index in [1.807, 2.05) is 19.1 Å². The van der Waals surface area contributed by atoms with Crippen LogP contribution in [0.25, 0.3) is 0 Å². The highest BCUT2D eigenvalue weighted by Crippen LogP contribution is 2.41. The predicted molar refractivity (Wildman–Crippen MR) is 155 cm³/mol. The smallest absolute Gasteiger partial charge is 0.305 e. The number of carbonyl (C=O) groups is 1. The molecule has 0 spiro atoms. The molecule has 39 heavy (non-hydrogen) atoms. The average Bonchev–Trinajstić information content (AvgIpc) is 3.32. The van der Waals surface area contributed by atoms with Gasteiger partial charge in [-0.25, -0.2) is 0 Å². The molecule has 0 heterocycles. The summed E-state index contributed by atoms with van der Waals surface area (Å²) in [4.78, 5) is 14.1. The number of esters is 1. The summed E-state index contributed by atoms with van der Waals surface area (Å²) < 4.78 is 25.0. The Morgan fingerprint density at radius 2 is 1.54 bits per heavy atom. The molecule has 0 aliphatic heterocycles. The second kappa shape index (κ2) is 17.4. The maximum Gasteiger partial charge on any atom is 0.305 e. The van der Waals surface area contributed by atoms with Crippen molar-refractivity contribution in [1.82, 2.24) is 4.90 Å². The molecule has 0 N–H and O–H groups in total. The Balaban J connectivity index is 1.69. The summed E-state index contributed by atoms with van der Waals surface area (Å²) in [5, 5.41) is 0. The highest BCUT2D eigenvalue weighted by molar-refractivity contribution is 5.69. The number of nitrogens with zero attached hydrogens (tertiary/aromatic N) is 1. The molecule has 3 rings (SSSR count). The molecule has 0 unspecified atom stereocenters. The summed E-state index contributed by atoms with van der Waals surface area (Å²) in [6, 6.07) is 20.7. The molecule has 0 saturated heterocycles. The Labute approximate surface area is 236 Å². The number of unbranched alkanes of at least 4 members (excludes halogenated alkanes) is 4. The molecule has 3 atom stereocenters. The molecule has 1 aliphatic carbocycles. The van der Waals surface area contributed by atoms with Gasteiger partial charge < -0.3 is 18.9 Å². The van der Waals surface area contributed by atoms with Gasteiger partial charge in [0, 0.05) is 32.4 Å². The summed E-state index contributed by atoms with van der Waals surface area (Å²) in [5.74, 6) is -0.106. The lowest BCUT2D eigenvalue weighted by molar-refractivity contribution is -0.211. The van der Waals surface area contributed by atoms with Gasteiger partial charge in [-0.1, -0.05) is 86.8 Å². The first-order valence-corrected chi connectivity index (χ1v) is 14.9. The van der Waals surface area contributed by atoms with Gasteiger partial charge in [0.2, 0.25) is 0 Å². The van der Waals surface area contributed by atoms with Crippen LogP contribution in [0, 0.1) is 0 Å². The van der Waals surface area contributed by atoms with Crippen molar-refractivity contribution in [2.45, 2.75) is 103 Å². The fourth-order valence-electron chi connectivity index (χ4n) is 5.33. The molecule has 0 radical (unpaired) electrons. The van der Waals surface area contributed by atoms with Crippen LogP contribution in [0.1, 0.15) is 82.8 Å². The summed E-state index contributed by atoms with van der Waals surface area (Å²) in [6.07, 6.45) is 8.11. The molecule has 0 bridgehead atoms.